The molecule has 2 aliphatic carbocycles. The zero-order valence-electron chi connectivity index (χ0n) is 18.9. The van der Waals surface area contributed by atoms with E-state index in [2.05, 4.69) is 30.9 Å². The first-order valence-corrected chi connectivity index (χ1v) is 11.8. The smallest absolute Gasteiger partial charge is 0.277 e. The van der Waals surface area contributed by atoms with Crippen LogP contribution in [0.25, 0.3) is 5.65 Å². The van der Waals surface area contributed by atoms with Crippen LogP contribution in [0.3, 0.4) is 0 Å². The van der Waals surface area contributed by atoms with Crippen molar-refractivity contribution in [3.63, 3.8) is 0 Å². The molecule has 11 heteroatoms. The Labute approximate surface area is 196 Å². The number of carbonyl (C=O) groups is 2. The van der Waals surface area contributed by atoms with Crippen LogP contribution >= 0.6 is 0 Å². The summed E-state index contributed by atoms with van der Waals surface area (Å²) in [6, 6.07) is 4.27. The Bertz CT molecular complexity index is 1170. The van der Waals surface area contributed by atoms with Gasteiger partial charge in [-0.05, 0) is 50.5 Å². The largest absolute Gasteiger partial charge is 0.379 e. The Balaban J connectivity index is 1.35. The fourth-order valence-electron chi connectivity index (χ4n) is 4.42. The number of nitrogens with zero attached hydrogens (tertiary/aromatic N) is 5. The molecule has 0 unspecified atom stereocenters. The Morgan fingerprint density at radius 1 is 1.03 bits per heavy atom. The van der Waals surface area contributed by atoms with Gasteiger partial charge >= 0.3 is 0 Å². The first kappa shape index (κ1) is 22.2. The summed E-state index contributed by atoms with van der Waals surface area (Å²) in [7, 11) is 0. The van der Waals surface area contributed by atoms with Crippen LogP contribution < -0.4 is 21.7 Å². The van der Waals surface area contributed by atoms with E-state index in [-0.39, 0.29) is 24.3 Å². The minimum Gasteiger partial charge on any atom is -0.379 e. The predicted molar refractivity (Wildman–Crippen MR) is 128 cm³/mol. The SMILES string of the molecule is NCC(=O)CC1CCC(Nc2cc(NC3CC3)c3ncc(C(=O)Nc4ccncn4)n3n2)CC1. The molecule has 0 spiro atoms. The second-order valence-corrected chi connectivity index (χ2v) is 9.10. The van der Waals surface area contributed by atoms with E-state index in [9.17, 15) is 9.59 Å². The van der Waals surface area contributed by atoms with Gasteiger partial charge in [-0.2, -0.15) is 0 Å². The highest BCUT2D eigenvalue weighted by Gasteiger charge is 2.26. The summed E-state index contributed by atoms with van der Waals surface area (Å²) in [5, 5.41) is 14.5. The summed E-state index contributed by atoms with van der Waals surface area (Å²) in [6.07, 6.45) is 11.2. The normalized spacial score (nSPS) is 20.1. The first-order valence-electron chi connectivity index (χ1n) is 11.8. The van der Waals surface area contributed by atoms with Crippen molar-refractivity contribution in [3.8, 4) is 0 Å². The zero-order valence-corrected chi connectivity index (χ0v) is 18.9. The number of nitrogens with two attached hydrogens (primary N) is 1. The van der Waals surface area contributed by atoms with Gasteiger partial charge in [-0.3, -0.25) is 9.59 Å². The molecular formula is C23H29N9O2. The summed E-state index contributed by atoms with van der Waals surface area (Å²) in [5.41, 5.74) is 7.24. The molecule has 2 fully saturated rings. The van der Waals surface area contributed by atoms with Gasteiger partial charge in [0, 0.05) is 30.8 Å². The maximum absolute atomic E-state index is 12.9. The molecule has 0 aliphatic heterocycles. The van der Waals surface area contributed by atoms with Crippen molar-refractivity contribution in [2.75, 3.05) is 22.5 Å². The van der Waals surface area contributed by atoms with E-state index in [1.807, 2.05) is 6.07 Å². The van der Waals surface area contributed by atoms with Gasteiger partial charge in [0.25, 0.3) is 5.91 Å². The Hall–Kier alpha value is -3.60. The van der Waals surface area contributed by atoms with E-state index >= 15 is 0 Å². The molecule has 2 saturated carbocycles. The molecule has 3 heterocycles. The Morgan fingerprint density at radius 3 is 2.50 bits per heavy atom. The number of nitrogens with one attached hydrogen (secondary N) is 3. The lowest BCUT2D eigenvalue weighted by Crippen LogP contribution is -2.29. The van der Waals surface area contributed by atoms with Crippen molar-refractivity contribution >= 4 is 34.7 Å². The van der Waals surface area contributed by atoms with Gasteiger partial charge in [0.15, 0.2) is 11.3 Å². The average molecular weight is 464 g/mol. The van der Waals surface area contributed by atoms with E-state index < -0.39 is 0 Å². The van der Waals surface area contributed by atoms with Gasteiger partial charge in [0.05, 0.1) is 18.4 Å². The summed E-state index contributed by atoms with van der Waals surface area (Å²) < 4.78 is 1.58. The predicted octanol–water partition coefficient (Wildman–Crippen LogP) is 2.23. The highest BCUT2D eigenvalue weighted by Crippen LogP contribution is 2.31. The molecule has 0 bridgehead atoms. The molecule has 34 heavy (non-hydrogen) atoms. The van der Waals surface area contributed by atoms with Crippen LogP contribution in [-0.2, 0) is 4.79 Å². The van der Waals surface area contributed by atoms with Gasteiger partial charge in [-0.1, -0.05) is 0 Å². The molecule has 3 aromatic heterocycles. The van der Waals surface area contributed by atoms with Crippen LogP contribution in [0.5, 0.6) is 0 Å². The lowest BCUT2D eigenvalue weighted by atomic mass is 9.83. The molecule has 2 aliphatic rings. The minimum atomic E-state index is -0.349. The third-order valence-corrected chi connectivity index (χ3v) is 6.40. The quantitative estimate of drug-likeness (QED) is 0.374. The van der Waals surface area contributed by atoms with Gasteiger partial charge in [0.2, 0.25) is 0 Å². The fraction of sp³-hybridized carbons (Fsp3) is 0.478. The lowest BCUT2D eigenvalue weighted by Gasteiger charge is -2.29. The summed E-state index contributed by atoms with van der Waals surface area (Å²) in [5.74, 6) is 1.28. The molecule has 3 aromatic rings. The number of rotatable bonds is 9. The Morgan fingerprint density at radius 2 is 1.79 bits per heavy atom. The fourth-order valence-corrected chi connectivity index (χ4v) is 4.42. The number of anilines is 3. The monoisotopic (exact) mass is 463 g/mol. The van der Waals surface area contributed by atoms with Crippen LogP contribution in [0.1, 0.15) is 55.4 Å². The molecule has 0 atom stereocenters. The van der Waals surface area contributed by atoms with Gasteiger partial charge in [-0.25, -0.2) is 19.5 Å². The van der Waals surface area contributed by atoms with Crippen molar-refractivity contribution < 1.29 is 9.59 Å². The maximum atomic E-state index is 12.9. The number of hydrogen-bond donors (Lipinski definition) is 4. The molecule has 0 radical (unpaired) electrons. The van der Waals surface area contributed by atoms with Crippen molar-refractivity contribution in [1.29, 1.82) is 0 Å². The molecule has 5 N–H and O–H groups in total. The first-order chi connectivity index (χ1) is 16.6. The van der Waals surface area contributed by atoms with Crippen molar-refractivity contribution in [3.05, 3.63) is 36.5 Å². The van der Waals surface area contributed by atoms with Crippen LogP contribution in [0.2, 0.25) is 0 Å². The third kappa shape index (κ3) is 5.14. The van der Waals surface area contributed by atoms with Gasteiger partial charge in [0.1, 0.15) is 23.7 Å². The van der Waals surface area contributed by atoms with Crippen molar-refractivity contribution in [1.82, 2.24) is 24.6 Å². The molecular weight excluding hydrogens is 434 g/mol. The summed E-state index contributed by atoms with van der Waals surface area (Å²) in [6.45, 7) is 0.122. The number of amides is 1. The van der Waals surface area contributed by atoms with E-state index in [4.69, 9.17) is 10.8 Å². The topological polar surface area (TPSA) is 152 Å². The van der Waals surface area contributed by atoms with Crippen molar-refractivity contribution in [2.45, 2.75) is 57.0 Å². The number of ketones is 1. The number of Topliss-reactive ketones (excluding diaryl/α,β-unsaturated/α-hetero) is 1. The standard InChI is InChI=1S/C23H29N9O2/c24-11-17(33)9-14-1-3-16(4-2-14)29-21-10-18(28-15-5-6-15)22-26-12-19(32(22)31-21)23(34)30-20-7-8-25-13-27-20/h7-8,10,12-16,28H,1-6,9,11,24H2,(H,29,31)(H,25,27,30,34). The molecule has 0 saturated heterocycles. The number of fused-ring (bicyclic) bond motifs is 1. The van der Waals surface area contributed by atoms with E-state index in [1.54, 1.807) is 16.8 Å². The second-order valence-electron chi connectivity index (χ2n) is 9.10. The lowest BCUT2D eigenvalue weighted by molar-refractivity contribution is -0.118. The minimum absolute atomic E-state index is 0.122. The molecule has 0 aromatic carbocycles. The maximum Gasteiger partial charge on any atom is 0.277 e. The van der Waals surface area contributed by atoms with E-state index in [1.165, 1.54) is 12.5 Å². The molecule has 11 nitrogen and oxygen atoms in total. The highest BCUT2D eigenvalue weighted by molar-refractivity contribution is 6.03. The molecule has 178 valence electrons. The third-order valence-electron chi connectivity index (χ3n) is 6.40. The van der Waals surface area contributed by atoms with Gasteiger partial charge < -0.3 is 21.7 Å². The average Bonchev–Trinajstić information content (AvgIpc) is 3.56. The zero-order chi connectivity index (χ0) is 23.5. The molecule has 1 amide bonds. The van der Waals surface area contributed by atoms with Gasteiger partial charge in [-0.15, -0.1) is 5.10 Å². The van der Waals surface area contributed by atoms with Crippen LogP contribution in [0, 0.1) is 5.92 Å². The van der Waals surface area contributed by atoms with E-state index in [0.29, 0.717) is 41.4 Å². The van der Waals surface area contributed by atoms with E-state index in [0.717, 1.165) is 44.2 Å². The number of aromatic nitrogens is 5. The highest BCUT2D eigenvalue weighted by atomic mass is 16.2. The number of hydrogen-bond acceptors (Lipinski definition) is 9. The number of imidazole rings is 1. The summed E-state index contributed by atoms with van der Waals surface area (Å²) in [4.78, 5) is 37.0. The van der Waals surface area contributed by atoms with Crippen LogP contribution in [0.4, 0.5) is 17.3 Å². The Kier molecular flexibility index (Phi) is 6.35. The summed E-state index contributed by atoms with van der Waals surface area (Å²) >= 11 is 0. The van der Waals surface area contributed by atoms with Crippen LogP contribution in [-0.4, -0.2) is 54.9 Å². The van der Waals surface area contributed by atoms with Crippen LogP contribution in [0.15, 0.2) is 30.9 Å². The second kappa shape index (κ2) is 9.72. The molecule has 5 rings (SSSR count). The number of carbonyl (C=O) groups excluding carboxylic acids is 2. The van der Waals surface area contributed by atoms with Crippen molar-refractivity contribution in [2.24, 2.45) is 11.7 Å².